The van der Waals surface area contributed by atoms with Crippen LogP contribution in [0.2, 0.25) is 0 Å². The summed E-state index contributed by atoms with van der Waals surface area (Å²) in [5, 5.41) is 3.52. The first-order valence-corrected chi connectivity index (χ1v) is 9.07. The van der Waals surface area contributed by atoms with E-state index in [1.807, 2.05) is 0 Å². The zero-order valence-corrected chi connectivity index (χ0v) is 12.6. The van der Waals surface area contributed by atoms with Gasteiger partial charge in [0.05, 0.1) is 0 Å². The Kier molecular flexibility index (Phi) is 5.54. The second kappa shape index (κ2) is 6.70. The summed E-state index contributed by atoms with van der Waals surface area (Å²) in [4.78, 5) is 0. The highest BCUT2D eigenvalue weighted by atomic mass is 35.5. The van der Waals surface area contributed by atoms with E-state index < -0.39 is 0 Å². The van der Waals surface area contributed by atoms with Crippen LogP contribution in [-0.4, -0.2) is 15.7 Å². The zero-order valence-electron chi connectivity index (χ0n) is 11.0. The molecule has 3 fully saturated rings. The van der Waals surface area contributed by atoms with Crippen LogP contribution in [0.25, 0.3) is 0 Å². The Morgan fingerprint density at radius 3 is 0.941 bits per heavy atom. The van der Waals surface area contributed by atoms with E-state index in [0.29, 0.717) is 0 Å². The van der Waals surface area contributed by atoms with E-state index in [1.54, 1.807) is 77.0 Å². The van der Waals surface area contributed by atoms with Crippen LogP contribution < -0.4 is 12.4 Å². The normalized spacial score (nSPS) is 28.1. The van der Waals surface area contributed by atoms with Crippen LogP contribution in [0.4, 0.5) is 0 Å². The summed E-state index contributed by atoms with van der Waals surface area (Å²) >= 11 is 0. The molecule has 2 heteroatoms. The van der Waals surface area contributed by atoms with Gasteiger partial charge in [-0.2, -0.15) is 0 Å². The number of halogens is 1. The minimum Gasteiger partial charge on any atom is -1.00 e. The molecule has 17 heavy (non-hydrogen) atoms. The highest BCUT2D eigenvalue weighted by Crippen LogP contribution is 2.42. The van der Waals surface area contributed by atoms with Crippen molar-refractivity contribution in [3.8, 4) is 0 Å². The van der Waals surface area contributed by atoms with Gasteiger partial charge in [-0.3, -0.25) is 0 Å². The van der Waals surface area contributed by atoms with E-state index >= 15 is 0 Å². The molecule has 3 aliphatic carbocycles. The molecule has 0 radical (unpaired) electrons. The molecule has 0 heterocycles. The van der Waals surface area contributed by atoms with Gasteiger partial charge in [0.15, 0.2) is 0 Å². The van der Waals surface area contributed by atoms with Gasteiger partial charge in [-0.1, -0.05) is 0 Å². The molecule has 0 aliphatic heterocycles. The van der Waals surface area contributed by atoms with E-state index in [2.05, 4.69) is 0 Å². The van der Waals surface area contributed by atoms with Crippen molar-refractivity contribution in [2.45, 2.75) is 92.8 Å². The molecule has 0 spiro atoms. The molecule has 0 nitrogen and oxygen atoms in total. The molecule has 3 rings (SSSR count). The maximum atomic E-state index is 1.59. The lowest BCUT2D eigenvalue weighted by atomic mass is 10.3. The van der Waals surface area contributed by atoms with Crippen molar-refractivity contribution >= 4 is 10.9 Å². The molecule has 3 aliphatic rings. The molecule has 0 amide bonds. The molecule has 0 N–H and O–H groups in total. The summed E-state index contributed by atoms with van der Waals surface area (Å²) in [6.07, 6.45) is 18.9. The van der Waals surface area contributed by atoms with Gasteiger partial charge in [0.1, 0.15) is 15.7 Å². The van der Waals surface area contributed by atoms with Crippen LogP contribution in [-0.2, 0) is 10.9 Å². The van der Waals surface area contributed by atoms with E-state index in [0.717, 1.165) is 10.9 Å². The second-order valence-corrected chi connectivity index (χ2v) is 8.94. The molecular formula is C15H27ClS. The summed E-state index contributed by atoms with van der Waals surface area (Å²) < 4.78 is 0. The number of hydrogen-bond donors (Lipinski definition) is 0. The molecule has 0 aromatic carbocycles. The number of hydrogen-bond acceptors (Lipinski definition) is 0. The molecule has 0 bridgehead atoms. The fraction of sp³-hybridized carbons (Fsp3) is 1.00. The van der Waals surface area contributed by atoms with E-state index in [4.69, 9.17) is 0 Å². The third-order valence-corrected chi connectivity index (χ3v) is 8.78. The first-order valence-electron chi connectivity index (χ1n) is 7.66. The van der Waals surface area contributed by atoms with E-state index in [-0.39, 0.29) is 12.4 Å². The van der Waals surface area contributed by atoms with Crippen molar-refractivity contribution < 1.29 is 12.4 Å². The van der Waals surface area contributed by atoms with Crippen molar-refractivity contribution in [3.05, 3.63) is 0 Å². The molecule has 0 atom stereocenters. The molecular weight excluding hydrogens is 248 g/mol. The van der Waals surface area contributed by atoms with Crippen LogP contribution in [0.3, 0.4) is 0 Å². The largest absolute Gasteiger partial charge is 1.00 e. The topological polar surface area (TPSA) is 0 Å². The molecule has 100 valence electrons. The summed E-state index contributed by atoms with van der Waals surface area (Å²) in [6, 6.07) is 0. The monoisotopic (exact) mass is 274 g/mol. The average Bonchev–Trinajstić information content (AvgIpc) is 3.02. The Labute approximate surface area is 116 Å². The highest BCUT2D eigenvalue weighted by molar-refractivity contribution is 7.98. The minimum atomic E-state index is 0. The van der Waals surface area contributed by atoms with Gasteiger partial charge in [-0.15, -0.1) is 0 Å². The Morgan fingerprint density at radius 2 is 0.706 bits per heavy atom. The Hall–Kier alpha value is 0.640. The van der Waals surface area contributed by atoms with Gasteiger partial charge >= 0.3 is 0 Å². The van der Waals surface area contributed by atoms with E-state index in [1.165, 1.54) is 15.7 Å². The summed E-state index contributed by atoms with van der Waals surface area (Å²) in [5.41, 5.74) is 0. The van der Waals surface area contributed by atoms with Crippen molar-refractivity contribution in [1.29, 1.82) is 0 Å². The van der Waals surface area contributed by atoms with Gasteiger partial charge in [-0.25, -0.2) is 0 Å². The van der Waals surface area contributed by atoms with Crippen molar-refractivity contribution in [1.82, 2.24) is 0 Å². The predicted octanol–water partition coefficient (Wildman–Crippen LogP) is 1.44. The highest BCUT2D eigenvalue weighted by Gasteiger charge is 2.46. The van der Waals surface area contributed by atoms with Gasteiger partial charge < -0.3 is 12.4 Å². The Bertz CT molecular complexity index is 175. The van der Waals surface area contributed by atoms with Crippen molar-refractivity contribution in [2.75, 3.05) is 0 Å². The summed E-state index contributed by atoms with van der Waals surface area (Å²) in [7, 11) is 0.850. The lowest BCUT2D eigenvalue weighted by molar-refractivity contribution is -0.00000332. The maximum Gasteiger partial charge on any atom is 0.118 e. The average molecular weight is 275 g/mol. The summed E-state index contributed by atoms with van der Waals surface area (Å²) in [6.45, 7) is 0. The van der Waals surface area contributed by atoms with Crippen LogP contribution in [0.5, 0.6) is 0 Å². The van der Waals surface area contributed by atoms with Gasteiger partial charge in [0.2, 0.25) is 0 Å². The van der Waals surface area contributed by atoms with Crippen LogP contribution >= 0.6 is 0 Å². The smallest absolute Gasteiger partial charge is 0.118 e. The third kappa shape index (κ3) is 3.15. The van der Waals surface area contributed by atoms with Gasteiger partial charge in [0, 0.05) is 0 Å². The molecule has 3 saturated carbocycles. The Balaban J connectivity index is 0.00000108. The third-order valence-electron chi connectivity index (χ3n) is 5.06. The van der Waals surface area contributed by atoms with Crippen LogP contribution in [0, 0.1) is 0 Å². The van der Waals surface area contributed by atoms with Crippen LogP contribution in [0.15, 0.2) is 0 Å². The first-order chi connectivity index (χ1) is 7.95. The second-order valence-electron chi connectivity index (χ2n) is 6.13. The SMILES string of the molecule is C1CCC([S+](C2CCCC2)C2CCCC2)C1.[Cl-]. The lowest BCUT2D eigenvalue weighted by Gasteiger charge is -2.25. The zero-order chi connectivity index (χ0) is 10.8. The molecule has 0 aromatic rings. The minimum absolute atomic E-state index is 0. The number of rotatable bonds is 3. The van der Waals surface area contributed by atoms with Crippen molar-refractivity contribution in [3.63, 3.8) is 0 Å². The van der Waals surface area contributed by atoms with Crippen LogP contribution in [0.1, 0.15) is 77.0 Å². The standard InChI is InChI=1S/C15H27S.ClH/c1-2-8-13(7-1)16(14-9-3-4-10-14)15-11-5-6-12-15;/h13-15H,1-12H2;1H/q+1;/p-1. The fourth-order valence-corrected chi connectivity index (χ4v) is 8.56. The summed E-state index contributed by atoms with van der Waals surface area (Å²) in [5.74, 6) is 0. The first kappa shape index (κ1) is 14.1. The Morgan fingerprint density at radius 1 is 0.471 bits per heavy atom. The molecule has 0 saturated heterocycles. The van der Waals surface area contributed by atoms with Crippen molar-refractivity contribution in [2.24, 2.45) is 0 Å². The predicted molar refractivity (Wildman–Crippen MR) is 74.1 cm³/mol. The lowest BCUT2D eigenvalue weighted by Crippen LogP contribution is -3.00. The quantitative estimate of drug-likeness (QED) is 0.684. The van der Waals surface area contributed by atoms with Gasteiger partial charge in [-0.05, 0) is 87.9 Å². The molecule has 0 aromatic heterocycles. The maximum absolute atomic E-state index is 1.59. The fourth-order valence-electron chi connectivity index (χ4n) is 4.30. The van der Waals surface area contributed by atoms with Gasteiger partial charge in [0.25, 0.3) is 0 Å². The van der Waals surface area contributed by atoms with E-state index in [9.17, 15) is 0 Å². The molecule has 0 unspecified atom stereocenters.